The molecular formula is C15H27NO3S. The Morgan fingerprint density at radius 3 is 2.35 bits per heavy atom. The minimum Gasteiger partial charge on any atom is -0.329 e. The zero-order chi connectivity index (χ0) is 14.8. The number of Topliss-reactive ketones (excluding diaryl/α,β-unsaturated/α-hetero) is 1. The first kappa shape index (κ1) is 16.0. The van der Waals surface area contributed by atoms with Gasteiger partial charge in [-0.1, -0.05) is 25.7 Å². The number of carbonyl (C=O) groups excluding carboxylic acids is 1. The Balaban J connectivity index is 2.11. The number of sulfone groups is 1. The molecule has 0 saturated heterocycles. The molecule has 0 bridgehead atoms. The summed E-state index contributed by atoms with van der Waals surface area (Å²) in [7, 11) is -3.03. The molecule has 0 aromatic rings. The normalized spacial score (nSPS) is 30.9. The molecule has 2 N–H and O–H groups in total. The standard InChI is InChI=1S/C15H27NO3S/c1-20(18,19)13-7-5-6-12(10-13)14(17)15(11-16)8-3-2-4-9-15/h12-13H,2-11,16H2,1H3. The maximum absolute atomic E-state index is 12.9. The van der Waals surface area contributed by atoms with Gasteiger partial charge in [0, 0.05) is 24.1 Å². The summed E-state index contributed by atoms with van der Waals surface area (Å²) >= 11 is 0. The smallest absolute Gasteiger partial charge is 0.150 e. The summed E-state index contributed by atoms with van der Waals surface area (Å²) in [6, 6.07) is 0. The summed E-state index contributed by atoms with van der Waals surface area (Å²) in [4.78, 5) is 12.9. The Hall–Kier alpha value is -0.420. The SMILES string of the molecule is CS(=O)(=O)C1CCCC(C(=O)C2(CN)CCCCC2)C1. The van der Waals surface area contributed by atoms with Crippen LogP contribution in [0.2, 0.25) is 0 Å². The lowest BCUT2D eigenvalue weighted by molar-refractivity contribution is -0.135. The number of rotatable bonds is 4. The van der Waals surface area contributed by atoms with Crippen molar-refractivity contribution in [2.75, 3.05) is 12.8 Å². The molecule has 2 fully saturated rings. The molecule has 0 radical (unpaired) electrons. The van der Waals surface area contributed by atoms with Gasteiger partial charge >= 0.3 is 0 Å². The lowest BCUT2D eigenvalue weighted by Gasteiger charge is -2.39. The number of hydrogen-bond donors (Lipinski definition) is 1. The number of hydrogen-bond acceptors (Lipinski definition) is 4. The second-order valence-electron chi connectivity index (χ2n) is 6.72. The summed E-state index contributed by atoms with van der Waals surface area (Å²) in [5, 5.41) is -0.330. The van der Waals surface area contributed by atoms with Crippen molar-refractivity contribution >= 4 is 15.6 Å². The van der Waals surface area contributed by atoms with E-state index < -0.39 is 9.84 Å². The van der Waals surface area contributed by atoms with Gasteiger partial charge in [0.25, 0.3) is 0 Å². The summed E-state index contributed by atoms with van der Waals surface area (Å²) in [5.41, 5.74) is 5.57. The topological polar surface area (TPSA) is 77.2 Å². The average molecular weight is 301 g/mol. The predicted octanol–water partition coefficient (Wildman–Crippen LogP) is 2.07. The van der Waals surface area contributed by atoms with E-state index in [1.807, 2.05) is 0 Å². The third-order valence-electron chi connectivity index (χ3n) is 5.33. The first-order valence-corrected chi connectivity index (χ1v) is 9.78. The van der Waals surface area contributed by atoms with Crippen LogP contribution in [0.4, 0.5) is 0 Å². The molecule has 5 heteroatoms. The molecule has 0 aromatic carbocycles. The van der Waals surface area contributed by atoms with Crippen molar-refractivity contribution in [2.45, 2.75) is 63.0 Å². The van der Waals surface area contributed by atoms with E-state index in [9.17, 15) is 13.2 Å². The largest absolute Gasteiger partial charge is 0.329 e. The fraction of sp³-hybridized carbons (Fsp3) is 0.933. The first-order chi connectivity index (χ1) is 9.39. The Kier molecular flexibility index (Phi) is 4.90. The van der Waals surface area contributed by atoms with Gasteiger partial charge in [-0.3, -0.25) is 4.79 Å². The Bertz CT molecular complexity index is 452. The Morgan fingerprint density at radius 2 is 1.80 bits per heavy atom. The Morgan fingerprint density at radius 1 is 1.15 bits per heavy atom. The zero-order valence-electron chi connectivity index (χ0n) is 12.4. The molecule has 0 aromatic heterocycles. The van der Waals surface area contributed by atoms with Crippen molar-refractivity contribution in [1.82, 2.24) is 0 Å². The third-order valence-corrected chi connectivity index (χ3v) is 6.97. The van der Waals surface area contributed by atoms with E-state index in [1.54, 1.807) is 0 Å². The van der Waals surface area contributed by atoms with E-state index in [2.05, 4.69) is 0 Å². The van der Waals surface area contributed by atoms with E-state index in [0.29, 0.717) is 19.4 Å². The second-order valence-corrected chi connectivity index (χ2v) is 9.05. The number of ketones is 1. The van der Waals surface area contributed by atoms with Crippen LogP contribution in [0.1, 0.15) is 57.8 Å². The highest BCUT2D eigenvalue weighted by molar-refractivity contribution is 7.91. The highest BCUT2D eigenvalue weighted by Gasteiger charge is 2.43. The van der Waals surface area contributed by atoms with Gasteiger partial charge < -0.3 is 5.73 Å². The average Bonchev–Trinajstić information content (AvgIpc) is 2.46. The maximum Gasteiger partial charge on any atom is 0.150 e. The van der Waals surface area contributed by atoms with Gasteiger partial charge in [0.15, 0.2) is 0 Å². The van der Waals surface area contributed by atoms with Gasteiger partial charge in [0.05, 0.1) is 5.25 Å². The molecule has 2 atom stereocenters. The van der Waals surface area contributed by atoms with Crippen molar-refractivity contribution in [1.29, 1.82) is 0 Å². The van der Waals surface area contributed by atoms with Crippen LogP contribution in [-0.4, -0.2) is 32.3 Å². The number of nitrogens with two attached hydrogens (primary N) is 1. The van der Waals surface area contributed by atoms with Crippen LogP contribution >= 0.6 is 0 Å². The zero-order valence-corrected chi connectivity index (χ0v) is 13.3. The van der Waals surface area contributed by atoms with Crippen LogP contribution in [-0.2, 0) is 14.6 Å². The van der Waals surface area contributed by atoms with E-state index in [1.165, 1.54) is 12.7 Å². The van der Waals surface area contributed by atoms with Gasteiger partial charge in [-0.05, 0) is 32.1 Å². The highest BCUT2D eigenvalue weighted by Crippen LogP contribution is 2.41. The minimum atomic E-state index is -3.03. The van der Waals surface area contributed by atoms with Crippen LogP contribution in [0.5, 0.6) is 0 Å². The van der Waals surface area contributed by atoms with Gasteiger partial charge in [-0.2, -0.15) is 0 Å². The van der Waals surface area contributed by atoms with Gasteiger partial charge in [0.2, 0.25) is 0 Å². The van der Waals surface area contributed by atoms with E-state index in [0.717, 1.165) is 38.5 Å². The predicted molar refractivity (Wildman–Crippen MR) is 80.2 cm³/mol. The quantitative estimate of drug-likeness (QED) is 0.862. The monoisotopic (exact) mass is 301 g/mol. The lowest BCUT2D eigenvalue weighted by atomic mass is 9.66. The molecule has 2 saturated carbocycles. The highest BCUT2D eigenvalue weighted by atomic mass is 32.2. The molecule has 4 nitrogen and oxygen atoms in total. The van der Waals surface area contributed by atoms with Crippen LogP contribution in [0, 0.1) is 11.3 Å². The molecule has 116 valence electrons. The summed E-state index contributed by atoms with van der Waals surface area (Å²) in [6.45, 7) is 0.422. The lowest BCUT2D eigenvalue weighted by Crippen LogP contribution is -2.45. The first-order valence-electron chi connectivity index (χ1n) is 7.82. The van der Waals surface area contributed by atoms with Crippen LogP contribution in [0.15, 0.2) is 0 Å². The van der Waals surface area contributed by atoms with Crippen molar-refractivity contribution in [2.24, 2.45) is 17.1 Å². The van der Waals surface area contributed by atoms with Crippen molar-refractivity contribution < 1.29 is 13.2 Å². The van der Waals surface area contributed by atoms with Crippen LogP contribution in [0.3, 0.4) is 0 Å². The van der Waals surface area contributed by atoms with Crippen molar-refractivity contribution in [3.8, 4) is 0 Å². The van der Waals surface area contributed by atoms with Crippen LogP contribution in [0.25, 0.3) is 0 Å². The summed E-state index contributed by atoms with van der Waals surface area (Å²) in [6.07, 6.45) is 9.32. The molecule has 2 rings (SSSR count). The van der Waals surface area contributed by atoms with Crippen molar-refractivity contribution in [3.63, 3.8) is 0 Å². The summed E-state index contributed by atoms with van der Waals surface area (Å²) < 4.78 is 23.5. The van der Waals surface area contributed by atoms with Crippen molar-refractivity contribution in [3.05, 3.63) is 0 Å². The third kappa shape index (κ3) is 3.25. The molecule has 0 spiro atoms. The maximum atomic E-state index is 12.9. The van der Waals surface area contributed by atoms with E-state index in [4.69, 9.17) is 5.73 Å². The second kappa shape index (κ2) is 6.14. The van der Waals surface area contributed by atoms with E-state index >= 15 is 0 Å². The van der Waals surface area contributed by atoms with Gasteiger partial charge in [-0.15, -0.1) is 0 Å². The number of carbonyl (C=O) groups is 1. The molecule has 0 aliphatic heterocycles. The van der Waals surface area contributed by atoms with Gasteiger partial charge in [-0.25, -0.2) is 8.42 Å². The summed E-state index contributed by atoms with van der Waals surface area (Å²) in [5.74, 6) is 0.165. The van der Waals surface area contributed by atoms with E-state index in [-0.39, 0.29) is 22.4 Å². The molecule has 20 heavy (non-hydrogen) atoms. The molecule has 2 aliphatic carbocycles. The fourth-order valence-electron chi connectivity index (χ4n) is 3.98. The molecule has 2 aliphatic rings. The minimum absolute atomic E-state index is 0.0925. The fourth-order valence-corrected chi connectivity index (χ4v) is 5.16. The molecular weight excluding hydrogens is 274 g/mol. The molecule has 2 unspecified atom stereocenters. The molecule has 0 amide bonds. The Labute approximate surface area is 122 Å². The van der Waals surface area contributed by atoms with Crippen LogP contribution < -0.4 is 5.73 Å². The molecule has 0 heterocycles. The van der Waals surface area contributed by atoms with Gasteiger partial charge in [0.1, 0.15) is 15.6 Å².